The van der Waals surface area contributed by atoms with Crippen molar-refractivity contribution < 1.29 is 4.79 Å². The van der Waals surface area contributed by atoms with E-state index in [0.717, 1.165) is 20.2 Å². The lowest BCUT2D eigenvalue weighted by molar-refractivity contribution is -0.117. The Morgan fingerprint density at radius 2 is 1.94 bits per heavy atom. The number of hydrogen-bond donors (Lipinski definition) is 1. The summed E-state index contributed by atoms with van der Waals surface area (Å²) in [6.07, 6.45) is 0.510. The van der Waals surface area contributed by atoms with Gasteiger partial charge in [-0.3, -0.25) is 4.79 Å². The third-order valence-electron chi connectivity index (χ3n) is 2.54. The number of hydrogen-bond acceptors (Lipinski definition) is 2. The minimum atomic E-state index is 0.130. The van der Waals surface area contributed by atoms with Crippen LogP contribution in [0.5, 0.6) is 0 Å². The number of carbonyl (C=O) groups excluding carboxylic acids is 1. The van der Waals surface area contributed by atoms with E-state index in [9.17, 15) is 4.79 Å². The van der Waals surface area contributed by atoms with Crippen molar-refractivity contribution in [3.63, 3.8) is 0 Å². The first-order valence-corrected chi connectivity index (χ1v) is 7.03. The Morgan fingerprint density at radius 1 is 1.38 bits per heavy atom. The van der Waals surface area contributed by atoms with Gasteiger partial charge in [-0.15, -0.1) is 0 Å². The molecule has 5 heteroatoms. The normalized spacial score (nSPS) is 20.6. The van der Waals surface area contributed by atoms with E-state index in [1.165, 1.54) is 0 Å². The molecule has 1 amide bonds. The van der Waals surface area contributed by atoms with E-state index in [4.69, 9.17) is 0 Å². The number of carbonyl (C=O) groups is 1. The molecule has 0 aliphatic carbocycles. The number of nitrogens with zero attached hydrogens (tertiary/aromatic N) is 1. The molecule has 1 aromatic carbocycles. The second-order valence-electron chi connectivity index (χ2n) is 3.94. The minimum Gasteiger partial charge on any atom is -0.309 e. The van der Waals surface area contributed by atoms with Crippen molar-refractivity contribution in [3.05, 3.63) is 26.6 Å². The molecule has 16 heavy (non-hydrogen) atoms. The molecule has 1 heterocycles. The van der Waals surface area contributed by atoms with Gasteiger partial charge in [0.05, 0.1) is 5.69 Å². The lowest BCUT2D eigenvalue weighted by Crippen LogP contribution is -2.25. The monoisotopic (exact) mass is 363 g/mol. The van der Waals surface area contributed by atoms with E-state index >= 15 is 0 Å². The quantitative estimate of drug-likeness (QED) is 0.755. The lowest BCUT2D eigenvalue weighted by atomic mass is 10.2. The number of thiol groups is 1. The Labute approximate surface area is 117 Å². The summed E-state index contributed by atoms with van der Waals surface area (Å²) in [5, 5.41) is 0.132. The maximum absolute atomic E-state index is 11.8. The second kappa shape index (κ2) is 4.70. The van der Waals surface area contributed by atoms with E-state index in [0.29, 0.717) is 13.0 Å². The highest BCUT2D eigenvalue weighted by molar-refractivity contribution is 9.11. The largest absolute Gasteiger partial charge is 0.309 e. The molecule has 0 spiro atoms. The van der Waals surface area contributed by atoms with Crippen molar-refractivity contribution in [2.45, 2.75) is 18.6 Å². The molecule has 1 fully saturated rings. The van der Waals surface area contributed by atoms with Gasteiger partial charge < -0.3 is 4.90 Å². The van der Waals surface area contributed by atoms with Crippen LogP contribution in [0.3, 0.4) is 0 Å². The molecule has 0 saturated carbocycles. The molecule has 1 unspecified atom stereocenters. The van der Waals surface area contributed by atoms with Crippen LogP contribution in [0.1, 0.15) is 12.0 Å². The summed E-state index contributed by atoms with van der Waals surface area (Å²) in [7, 11) is 0. The fraction of sp³-hybridized carbons (Fsp3) is 0.364. The molecule has 0 radical (unpaired) electrons. The van der Waals surface area contributed by atoms with Gasteiger partial charge in [0.1, 0.15) is 0 Å². The smallest absolute Gasteiger partial charge is 0.228 e. The van der Waals surface area contributed by atoms with Crippen molar-refractivity contribution in [3.8, 4) is 0 Å². The van der Waals surface area contributed by atoms with Crippen LogP contribution in [-0.2, 0) is 4.79 Å². The Hall–Kier alpha value is -0.000000000000000111. The third kappa shape index (κ3) is 2.31. The summed E-state index contributed by atoms with van der Waals surface area (Å²) in [5.41, 5.74) is 2.06. The van der Waals surface area contributed by atoms with Gasteiger partial charge >= 0.3 is 0 Å². The number of amides is 1. The van der Waals surface area contributed by atoms with Crippen LogP contribution in [0.15, 0.2) is 21.1 Å². The average Bonchev–Trinajstić information content (AvgIpc) is 2.43. The molecular weight excluding hydrogens is 354 g/mol. The van der Waals surface area contributed by atoms with Gasteiger partial charge in [0.25, 0.3) is 0 Å². The third-order valence-corrected chi connectivity index (χ3v) is 4.09. The van der Waals surface area contributed by atoms with E-state index < -0.39 is 0 Å². The summed E-state index contributed by atoms with van der Waals surface area (Å²) in [5.74, 6) is 0.130. The van der Waals surface area contributed by atoms with Crippen molar-refractivity contribution >= 4 is 56.1 Å². The first-order valence-electron chi connectivity index (χ1n) is 4.93. The summed E-state index contributed by atoms with van der Waals surface area (Å²) < 4.78 is 1.88. The van der Waals surface area contributed by atoms with E-state index in [1.807, 2.05) is 19.1 Å². The van der Waals surface area contributed by atoms with Crippen molar-refractivity contribution in [2.75, 3.05) is 11.4 Å². The van der Waals surface area contributed by atoms with Crippen LogP contribution in [0.2, 0.25) is 0 Å². The van der Waals surface area contributed by atoms with Gasteiger partial charge in [-0.1, -0.05) is 0 Å². The highest BCUT2D eigenvalue weighted by Crippen LogP contribution is 2.38. The van der Waals surface area contributed by atoms with Gasteiger partial charge in [-0.25, -0.2) is 0 Å². The van der Waals surface area contributed by atoms with Crippen LogP contribution in [0, 0.1) is 6.92 Å². The van der Waals surface area contributed by atoms with Gasteiger partial charge in [-0.05, 0) is 56.5 Å². The number of rotatable bonds is 1. The predicted octanol–water partition coefficient (Wildman–Crippen LogP) is 3.56. The van der Waals surface area contributed by atoms with Crippen molar-refractivity contribution in [1.29, 1.82) is 0 Å². The molecule has 2 rings (SSSR count). The van der Waals surface area contributed by atoms with Gasteiger partial charge in [0.15, 0.2) is 0 Å². The molecule has 0 bridgehead atoms. The zero-order chi connectivity index (χ0) is 11.9. The summed E-state index contributed by atoms with van der Waals surface area (Å²) in [6, 6.07) is 4.03. The molecule has 2 nitrogen and oxygen atoms in total. The number of benzene rings is 1. The first-order chi connectivity index (χ1) is 7.49. The number of aryl methyl sites for hydroxylation is 1. The standard InChI is InChI=1S/C11H11Br2NOS/c1-6-2-8(12)11(9(13)3-6)14-5-7(16)4-10(14)15/h2-3,7,16H,4-5H2,1H3. The Bertz CT molecular complexity index is 427. The summed E-state index contributed by atoms with van der Waals surface area (Å²) in [4.78, 5) is 13.6. The Kier molecular flexibility index (Phi) is 3.66. The maximum atomic E-state index is 11.8. The van der Waals surface area contributed by atoms with Crippen LogP contribution >= 0.6 is 44.5 Å². The second-order valence-corrected chi connectivity index (χ2v) is 6.38. The molecule has 1 atom stereocenters. The molecule has 1 aliphatic rings. The van der Waals surface area contributed by atoms with E-state index in [2.05, 4.69) is 44.5 Å². The fourth-order valence-corrected chi connectivity index (χ4v) is 4.02. The molecule has 1 aliphatic heterocycles. The number of anilines is 1. The van der Waals surface area contributed by atoms with Gasteiger partial charge in [0, 0.05) is 27.2 Å². The number of halogens is 2. The first kappa shape index (κ1) is 12.5. The van der Waals surface area contributed by atoms with E-state index in [-0.39, 0.29) is 11.2 Å². The molecule has 86 valence electrons. The van der Waals surface area contributed by atoms with Crippen LogP contribution in [0.25, 0.3) is 0 Å². The topological polar surface area (TPSA) is 20.3 Å². The fourth-order valence-electron chi connectivity index (χ4n) is 1.85. The van der Waals surface area contributed by atoms with Crippen molar-refractivity contribution in [1.82, 2.24) is 0 Å². The van der Waals surface area contributed by atoms with E-state index in [1.54, 1.807) is 4.90 Å². The zero-order valence-corrected chi connectivity index (χ0v) is 12.8. The highest BCUT2D eigenvalue weighted by Gasteiger charge is 2.30. The predicted molar refractivity (Wildman–Crippen MR) is 76.3 cm³/mol. The molecule has 1 saturated heterocycles. The SMILES string of the molecule is Cc1cc(Br)c(N2CC(S)CC2=O)c(Br)c1. The molecular formula is C11H11Br2NOS. The lowest BCUT2D eigenvalue weighted by Gasteiger charge is -2.20. The summed E-state index contributed by atoms with van der Waals surface area (Å²) >= 11 is 11.4. The van der Waals surface area contributed by atoms with Crippen molar-refractivity contribution in [2.24, 2.45) is 0 Å². The van der Waals surface area contributed by atoms with Gasteiger partial charge in [-0.2, -0.15) is 12.6 Å². The summed E-state index contributed by atoms with van der Waals surface area (Å²) in [6.45, 7) is 2.69. The van der Waals surface area contributed by atoms with Crippen LogP contribution < -0.4 is 4.90 Å². The van der Waals surface area contributed by atoms with Crippen LogP contribution in [0.4, 0.5) is 5.69 Å². The van der Waals surface area contributed by atoms with Gasteiger partial charge in [0.2, 0.25) is 5.91 Å². The Morgan fingerprint density at radius 3 is 2.38 bits per heavy atom. The zero-order valence-electron chi connectivity index (χ0n) is 8.70. The molecule has 0 N–H and O–H groups in total. The highest BCUT2D eigenvalue weighted by atomic mass is 79.9. The average molecular weight is 365 g/mol. The Balaban J connectivity index is 2.44. The molecule has 0 aromatic heterocycles. The minimum absolute atomic E-state index is 0.130. The van der Waals surface area contributed by atoms with Crippen LogP contribution in [-0.4, -0.2) is 17.7 Å². The molecule has 1 aromatic rings. The maximum Gasteiger partial charge on any atom is 0.228 e.